The Labute approximate surface area is 78.0 Å². The Bertz CT molecular complexity index is 261. The summed E-state index contributed by atoms with van der Waals surface area (Å²) >= 11 is 5.86. The van der Waals surface area contributed by atoms with Crippen molar-refractivity contribution in [1.29, 1.82) is 0 Å². The second-order valence-corrected chi connectivity index (χ2v) is 3.21. The molecule has 1 heterocycles. The number of aryl methyl sites for hydroxylation is 2. The molecule has 3 heteroatoms. The van der Waals surface area contributed by atoms with Crippen LogP contribution in [-0.4, -0.2) is 9.97 Å². The number of unbranched alkanes of at least 4 members (excludes halogenated alkanes) is 1. The molecule has 66 valence electrons. The number of hydrogen-bond donors (Lipinski definition) is 0. The van der Waals surface area contributed by atoms with Crippen LogP contribution in [0.4, 0.5) is 0 Å². The Morgan fingerprint density at radius 1 is 1.50 bits per heavy atom. The van der Waals surface area contributed by atoms with Crippen molar-refractivity contribution < 1.29 is 0 Å². The number of nitrogens with zero attached hydrogens (tertiary/aromatic N) is 2. The molecule has 0 unspecified atom stereocenters. The van der Waals surface area contributed by atoms with E-state index in [0.29, 0.717) is 5.15 Å². The average molecular weight is 185 g/mol. The van der Waals surface area contributed by atoms with Crippen LogP contribution in [-0.2, 0) is 6.42 Å². The molecule has 0 aliphatic carbocycles. The summed E-state index contributed by atoms with van der Waals surface area (Å²) in [5.74, 6) is 0. The maximum atomic E-state index is 5.86. The van der Waals surface area contributed by atoms with Gasteiger partial charge < -0.3 is 0 Å². The number of rotatable bonds is 3. The molecule has 1 aromatic heterocycles. The fraction of sp³-hybridized carbons (Fsp3) is 0.556. The van der Waals surface area contributed by atoms with Crippen LogP contribution in [0.25, 0.3) is 0 Å². The van der Waals surface area contributed by atoms with E-state index in [-0.39, 0.29) is 0 Å². The monoisotopic (exact) mass is 184 g/mol. The Hall–Kier alpha value is -0.630. The first-order valence-corrected chi connectivity index (χ1v) is 4.60. The van der Waals surface area contributed by atoms with Crippen molar-refractivity contribution in [3.05, 3.63) is 22.7 Å². The molecule has 0 aliphatic rings. The predicted octanol–water partition coefficient (Wildman–Crippen LogP) is 2.78. The lowest BCUT2D eigenvalue weighted by Crippen LogP contribution is -1.95. The summed E-state index contributed by atoms with van der Waals surface area (Å²) in [6.07, 6.45) is 4.91. The molecule has 12 heavy (non-hydrogen) atoms. The molecule has 0 aliphatic heterocycles. The fourth-order valence-corrected chi connectivity index (χ4v) is 1.20. The highest BCUT2D eigenvalue weighted by molar-refractivity contribution is 6.29. The number of halogens is 1. The Morgan fingerprint density at radius 3 is 2.92 bits per heavy atom. The lowest BCUT2D eigenvalue weighted by Gasteiger charge is -2.01. The predicted molar refractivity (Wildman–Crippen MR) is 50.4 cm³/mol. The van der Waals surface area contributed by atoms with E-state index in [9.17, 15) is 0 Å². The van der Waals surface area contributed by atoms with Crippen molar-refractivity contribution in [3.8, 4) is 0 Å². The van der Waals surface area contributed by atoms with Crippen LogP contribution in [0, 0.1) is 6.92 Å². The van der Waals surface area contributed by atoms with Gasteiger partial charge in [-0.15, -0.1) is 0 Å². The summed E-state index contributed by atoms with van der Waals surface area (Å²) in [6, 6.07) is 0. The zero-order chi connectivity index (χ0) is 8.97. The molecular formula is C9H13ClN2. The quantitative estimate of drug-likeness (QED) is 0.722. The van der Waals surface area contributed by atoms with E-state index in [0.717, 1.165) is 30.7 Å². The molecule has 0 aromatic carbocycles. The van der Waals surface area contributed by atoms with Crippen LogP contribution in [0.2, 0.25) is 5.15 Å². The number of hydrogen-bond acceptors (Lipinski definition) is 2. The third-order valence-corrected chi connectivity index (χ3v) is 2.00. The van der Waals surface area contributed by atoms with E-state index in [4.69, 9.17) is 11.6 Å². The molecule has 0 atom stereocenters. The molecule has 0 radical (unpaired) electrons. The fourth-order valence-electron chi connectivity index (χ4n) is 1.02. The zero-order valence-corrected chi connectivity index (χ0v) is 8.23. The highest BCUT2D eigenvalue weighted by atomic mass is 35.5. The average Bonchev–Trinajstić information content (AvgIpc) is 2.07. The summed E-state index contributed by atoms with van der Waals surface area (Å²) < 4.78 is 0. The molecule has 0 saturated heterocycles. The van der Waals surface area contributed by atoms with Gasteiger partial charge in [-0.2, -0.15) is 0 Å². The van der Waals surface area contributed by atoms with Gasteiger partial charge in [0.15, 0.2) is 0 Å². The highest BCUT2D eigenvalue weighted by Crippen LogP contribution is 2.12. The number of aromatic nitrogens is 2. The smallest absolute Gasteiger partial charge is 0.150 e. The normalized spacial score (nSPS) is 10.2. The van der Waals surface area contributed by atoms with Crippen molar-refractivity contribution in [1.82, 2.24) is 9.97 Å². The van der Waals surface area contributed by atoms with Gasteiger partial charge in [-0.05, 0) is 19.8 Å². The van der Waals surface area contributed by atoms with Crippen molar-refractivity contribution in [2.45, 2.75) is 33.1 Å². The van der Waals surface area contributed by atoms with Crippen LogP contribution < -0.4 is 0 Å². The molecule has 0 fully saturated rings. The van der Waals surface area contributed by atoms with E-state index >= 15 is 0 Å². The van der Waals surface area contributed by atoms with Gasteiger partial charge in [0.05, 0.1) is 11.4 Å². The second kappa shape index (κ2) is 4.41. The molecule has 1 aromatic rings. The van der Waals surface area contributed by atoms with Gasteiger partial charge in [0, 0.05) is 6.20 Å². The molecular weight excluding hydrogens is 172 g/mol. The van der Waals surface area contributed by atoms with E-state index in [1.165, 1.54) is 0 Å². The summed E-state index contributed by atoms with van der Waals surface area (Å²) in [4.78, 5) is 8.35. The van der Waals surface area contributed by atoms with Crippen LogP contribution in [0.5, 0.6) is 0 Å². The van der Waals surface area contributed by atoms with Gasteiger partial charge in [-0.25, -0.2) is 4.98 Å². The summed E-state index contributed by atoms with van der Waals surface area (Å²) in [7, 11) is 0. The summed E-state index contributed by atoms with van der Waals surface area (Å²) in [5, 5.41) is 0.550. The SMILES string of the molecule is CCCCc1nc(C)cnc1Cl. The Morgan fingerprint density at radius 2 is 2.25 bits per heavy atom. The van der Waals surface area contributed by atoms with Crippen LogP contribution >= 0.6 is 11.6 Å². The van der Waals surface area contributed by atoms with Gasteiger partial charge in [-0.3, -0.25) is 4.98 Å². The lowest BCUT2D eigenvalue weighted by atomic mass is 10.2. The molecule has 0 amide bonds. The van der Waals surface area contributed by atoms with Crippen LogP contribution in [0.1, 0.15) is 31.2 Å². The first-order chi connectivity index (χ1) is 5.74. The summed E-state index contributed by atoms with van der Waals surface area (Å²) in [6.45, 7) is 4.08. The maximum absolute atomic E-state index is 5.86. The lowest BCUT2D eigenvalue weighted by molar-refractivity contribution is 0.768. The topological polar surface area (TPSA) is 25.8 Å². The van der Waals surface area contributed by atoms with Gasteiger partial charge in [0.2, 0.25) is 0 Å². The Kier molecular flexibility index (Phi) is 3.48. The minimum Gasteiger partial charge on any atom is -0.253 e. The first-order valence-electron chi connectivity index (χ1n) is 4.22. The molecule has 1 rings (SSSR count). The van der Waals surface area contributed by atoms with Crippen molar-refractivity contribution in [3.63, 3.8) is 0 Å². The minimum absolute atomic E-state index is 0.550. The molecule has 2 nitrogen and oxygen atoms in total. The van der Waals surface area contributed by atoms with Gasteiger partial charge in [0.25, 0.3) is 0 Å². The summed E-state index contributed by atoms with van der Waals surface area (Å²) in [5.41, 5.74) is 1.86. The van der Waals surface area contributed by atoms with Crippen LogP contribution in [0.3, 0.4) is 0 Å². The van der Waals surface area contributed by atoms with E-state index in [2.05, 4.69) is 16.9 Å². The van der Waals surface area contributed by atoms with Gasteiger partial charge in [0.1, 0.15) is 5.15 Å². The molecule has 0 spiro atoms. The van der Waals surface area contributed by atoms with Gasteiger partial charge >= 0.3 is 0 Å². The van der Waals surface area contributed by atoms with E-state index in [1.807, 2.05) is 6.92 Å². The standard InChI is InChI=1S/C9H13ClN2/c1-3-4-5-8-9(10)11-6-7(2)12-8/h6H,3-5H2,1-2H3. The molecule has 0 N–H and O–H groups in total. The molecule has 0 saturated carbocycles. The largest absolute Gasteiger partial charge is 0.253 e. The highest BCUT2D eigenvalue weighted by Gasteiger charge is 2.02. The second-order valence-electron chi connectivity index (χ2n) is 2.85. The van der Waals surface area contributed by atoms with Gasteiger partial charge in [-0.1, -0.05) is 24.9 Å². The van der Waals surface area contributed by atoms with Crippen molar-refractivity contribution in [2.24, 2.45) is 0 Å². The third-order valence-electron chi connectivity index (χ3n) is 1.68. The van der Waals surface area contributed by atoms with E-state index < -0.39 is 0 Å². The third kappa shape index (κ3) is 2.45. The molecule has 0 bridgehead atoms. The Balaban J connectivity index is 2.75. The minimum atomic E-state index is 0.550. The van der Waals surface area contributed by atoms with Crippen LogP contribution in [0.15, 0.2) is 6.20 Å². The van der Waals surface area contributed by atoms with Crippen molar-refractivity contribution >= 4 is 11.6 Å². The van der Waals surface area contributed by atoms with E-state index in [1.54, 1.807) is 6.20 Å². The first kappa shape index (κ1) is 9.46. The zero-order valence-electron chi connectivity index (χ0n) is 7.47. The maximum Gasteiger partial charge on any atom is 0.150 e. The van der Waals surface area contributed by atoms with Crippen molar-refractivity contribution in [2.75, 3.05) is 0 Å².